The van der Waals surface area contributed by atoms with Crippen LogP contribution < -0.4 is 0 Å². The zero-order valence-corrected chi connectivity index (χ0v) is 21.7. The van der Waals surface area contributed by atoms with Gasteiger partial charge in [0, 0.05) is 18.5 Å². The van der Waals surface area contributed by atoms with Crippen molar-refractivity contribution in [2.45, 2.75) is 103 Å². The third-order valence-electron chi connectivity index (χ3n) is 9.31. The Hall–Kier alpha value is -2.50. The Balaban J connectivity index is 1.50. The van der Waals surface area contributed by atoms with E-state index in [2.05, 4.69) is 20.8 Å². The minimum Gasteiger partial charge on any atom is -0.279 e. The smallest absolute Gasteiger partial charge is 0.240 e. The quantitative estimate of drug-likeness (QED) is 0.584. The van der Waals surface area contributed by atoms with Gasteiger partial charge < -0.3 is 0 Å². The number of benzene rings is 1. The maximum atomic E-state index is 13.9. The second-order valence-corrected chi connectivity index (χ2v) is 12.5. The summed E-state index contributed by atoms with van der Waals surface area (Å²) in [6.07, 6.45) is 4.71. The van der Waals surface area contributed by atoms with Gasteiger partial charge in [-0.05, 0) is 74.8 Å². The maximum absolute atomic E-state index is 13.9. The molecule has 0 bridgehead atoms. The first kappa shape index (κ1) is 24.2. The average Bonchev–Trinajstić information content (AvgIpc) is 3.05. The summed E-state index contributed by atoms with van der Waals surface area (Å²) in [5, 5.41) is 0. The lowest BCUT2D eigenvalue weighted by atomic mass is 9.59. The Bertz CT molecular complexity index is 1080. The van der Waals surface area contributed by atoms with Crippen LogP contribution in [0.25, 0.3) is 0 Å². The third-order valence-corrected chi connectivity index (χ3v) is 9.31. The van der Waals surface area contributed by atoms with Crippen LogP contribution in [0.1, 0.15) is 96.6 Å². The van der Waals surface area contributed by atoms with Crippen molar-refractivity contribution in [2.75, 3.05) is 0 Å². The molecule has 3 fully saturated rings. The van der Waals surface area contributed by atoms with Gasteiger partial charge in [0.25, 0.3) is 0 Å². The number of fused-ring (bicyclic) bond motifs is 4. The molecule has 2 heterocycles. The van der Waals surface area contributed by atoms with Crippen molar-refractivity contribution in [1.82, 2.24) is 9.80 Å². The molecule has 35 heavy (non-hydrogen) atoms. The van der Waals surface area contributed by atoms with Crippen molar-refractivity contribution in [3.63, 3.8) is 0 Å². The lowest BCUT2D eigenvalue weighted by molar-refractivity contribution is -0.157. The first-order valence-corrected chi connectivity index (χ1v) is 13.3. The molecule has 2 unspecified atom stereocenters. The predicted octanol–water partition coefficient (Wildman–Crippen LogP) is 4.56. The molecule has 5 rings (SSSR count). The molecule has 1 saturated carbocycles. The normalized spacial score (nSPS) is 33.5. The molecule has 4 amide bonds. The van der Waals surface area contributed by atoms with Gasteiger partial charge in [0.2, 0.25) is 23.6 Å². The van der Waals surface area contributed by atoms with Crippen LogP contribution >= 0.6 is 0 Å². The number of hydrogen-bond donors (Lipinski definition) is 0. The zero-order valence-electron chi connectivity index (χ0n) is 21.7. The van der Waals surface area contributed by atoms with E-state index in [-0.39, 0.29) is 47.5 Å². The molecular weight excluding hydrogens is 440 g/mol. The minimum absolute atomic E-state index is 0.0573. The second kappa shape index (κ2) is 8.28. The molecule has 0 N–H and O–H groups in total. The van der Waals surface area contributed by atoms with Gasteiger partial charge in [0.05, 0.1) is 17.3 Å². The monoisotopic (exact) mass is 478 g/mol. The van der Waals surface area contributed by atoms with Crippen LogP contribution in [0, 0.1) is 17.3 Å². The number of carbonyl (C=O) groups is 4. The molecule has 0 aromatic heterocycles. The van der Waals surface area contributed by atoms with E-state index in [0.717, 1.165) is 36.8 Å². The summed E-state index contributed by atoms with van der Waals surface area (Å²) in [6, 6.07) is 7.35. The minimum atomic E-state index is -0.925. The molecule has 2 saturated heterocycles. The van der Waals surface area contributed by atoms with Crippen molar-refractivity contribution in [3.05, 3.63) is 35.4 Å². The zero-order chi connectivity index (χ0) is 25.3. The second-order valence-electron chi connectivity index (χ2n) is 12.5. The fraction of sp³-hybridized carbons (Fsp3) is 0.655. The van der Waals surface area contributed by atoms with Crippen LogP contribution in [0.5, 0.6) is 0 Å². The van der Waals surface area contributed by atoms with Crippen molar-refractivity contribution < 1.29 is 19.2 Å². The summed E-state index contributed by atoms with van der Waals surface area (Å²) in [4.78, 5) is 57.2. The Morgan fingerprint density at radius 1 is 0.943 bits per heavy atom. The largest absolute Gasteiger partial charge is 0.279 e. The molecule has 6 heteroatoms. The SMILES string of the molecule is CC(C)N1C(=O)CC[C@@]2(CC3C(=O)N(C4CCC(C(C)(C)C)CC4)C(=O)C3c3ccccc32)C1=O. The maximum Gasteiger partial charge on any atom is 0.240 e. The molecule has 1 spiro atoms. The van der Waals surface area contributed by atoms with Gasteiger partial charge in [-0.1, -0.05) is 45.0 Å². The molecule has 1 aromatic rings. The van der Waals surface area contributed by atoms with Crippen LogP contribution in [-0.2, 0) is 24.6 Å². The Morgan fingerprint density at radius 3 is 2.23 bits per heavy atom. The first-order chi connectivity index (χ1) is 16.5. The van der Waals surface area contributed by atoms with Crippen LogP contribution in [-0.4, -0.2) is 45.5 Å². The molecule has 2 aliphatic heterocycles. The number of piperidine rings is 1. The molecule has 188 valence electrons. The van der Waals surface area contributed by atoms with Gasteiger partial charge in [0.1, 0.15) is 0 Å². The van der Waals surface area contributed by atoms with Crippen molar-refractivity contribution in [2.24, 2.45) is 17.3 Å². The van der Waals surface area contributed by atoms with E-state index in [1.165, 1.54) is 4.90 Å². The third kappa shape index (κ3) is 3.58. The lowest BCUT2D eigenvalue weighted by Crippen LogP contribution is -2.58. The van der Waals surface area contributed by atoms with E-state index in [1.54, 1.807) is 4.90 Å². The molecule has 4 aliphatic rings. The van der Waals surface area contributed by atoms with Gasteiger partial charge in [-0.25, -0.2) is 0 Å². The van der Waals surface area contributed by atoms with E-state index in [9.17, 15) is 19.2 Å². The Labute approximate surface area is 208 Å². The summed E-state index contributed by atoms with van der Waals surface area (Å²) in [5.41, 5.74) is 0.944. The van der Waals surface area contributed by atoms with E-state index < -0.39 is 17.3 Å². The molecule has 0 radical (unpaired) electrons. The highest BCUT2D eigenvalue weighted by Crippen LogP contribution is 2.55. The number of carbonyl (C=O) groups excluding carboxylic acids is 4. The Morgan fingerprint density at radius 2 is 1.60 bits per heavy atom. The topological polar surface area (TPSA) is 74.8 Å². The molecular formula is C29H38N2O4. The van der Waals surface area contributed by atoms with Gasteiger partial charge in [-0.3, -0.25) is 29.0 Å². The van der Waals surface area contributed by atoms with Crippen molar-refractivity contribution >= 4 is 23.6 Å². The van der Waals surface area contributed by atoms with Crippen molar-refractivity contribution in [3.8, 4) is 0 Å². The summed E-state index contributed by atoms with van der Waals surface area (Å²) in [5.74, 6) is -1.04. The highest BCUT2D eigenvalue weighted by molar-refractivity contribution is 6.11. The van der Waals surface area contributed by atoms with Gasteiger partial charge in [-0.2, -0.15) is 0 Å². The van der Waals surface area contributed by atoms with Crippen LogP contribution in [0.2, 0.25) is 0 Å². The number of hydrogen-bond acceptors (Lipinski definition) is 4. The number of amides is 4. The number of imide groups is 2. The van der Waals surface area contributed by atoms with Gasteiger partial charge in [0.15, 0.2) is 0 Å². The Kier molecular flexibility index (Phi) is 5.72. The fourth-order valence-electron chi connectivity index (χ4n) is 7.41. The van der Waals surface area contributed by atoms with Crippen LogP contribution in [0.4, 0.5) is 0 Å². The van der Waals surface area contributed by atoms with Crippen molar-refractivity contribution in [1.29, 1.82) is 0 Å². The van der Waals surface area contributed by atoms with Gasteiger partial charge in [-0.15, -0.1) is 0 Å². The van der Waals surface area contributed by atoms with E-state index in [0.29, 0.717) is 18.8 Å². The average molecular weight is 479 g/mol. The summed E-state index contributed by atoms with van der Waals surface area (Å²) < 4.78 is 0. The molecule has 2 aliphatic carbocycles. The molecule has 1 aromatic carbocycles. The van der Waals surface area contributed by atoms with E-state index >= 15 is 0 Å². The number of nitrogens with zero attached hydrogens (tertiary/aromatic N) is 2. The van der Waals surface area contributed by atoms with E-state index in [4.69, 9.17) is 0 Å². The summed E-state index contributed by atoms with van der Waals surface area (Å²) in [7, 11) is 0. The lowest BCUT2D eigenvalue weighted by Gasteiger charge is -2.47. The van der Waals surface area contributed by atoms with Crippen LogP contribution in [0.15, 0.2) is 24.3 Å². The summed E-state index contributed by atoms with van der Waals surface area (Å²) >= 11 is 0. The highest BCUT2D eigenvalue weighted by atomic mass is 16.2. The number of likely N-dealkylation sites (tertiary alicyclic amines) is 2. The highest BCUT2D eigenvalue weighted by Gasteiger charge is 2.61. The first-order valence-electron chi connectivity index (χ1n) is 13.3. The van der Waals surface area contributed by atoms with Gasteiger partial charge >= 0.3 is 0 Å². The molecule has 6 nitrogen and oxygen atoms in total. The fourth-order valence-corrected chi connectivity index (χ4v) is 7.41. The standard InChI is InChI=1S/C29H38N2O4/c1-17(2)30-23(32)14-15-29(27(30)35)16-21-24(20-8-6-7-9-22(20)29)26(34)31(25(21)33)19-12-10-18(11-13-19)28(3,4)5/h6-9,17-19,21,24H,10-16H2,1-5H3/t18?,19?,21?,24?,29-/m0/s1. The van der Waals surface area contributed by atoms with E-state index in [1.807, 2.05) is 38.1 Å². The number of rotatable bonds is 2. The summed E-state index contributed by atoms with van der Waals surface area (Å²) in [6.45, 7) is 10.5. The van der Waals surface area contributed by atoms with Crippen LogP contribution in [0.3, 0.4) is 0 Å². The predicted molar refractivity (Wildman–Crippen MR) is 132 cm³/mol. The molecule has 3 atom stereocenters.